The van der Waals surface area contributed by atoms with E-state index in [9.17, 15) is 9.59 Å². The van der Waals surface area contributed by atoms with E-state index < -0.39 is 5.56 Å². The van der Waals surface area contributed by atoms with Crippen LogP contribution in [-0.2, 0) is 0 Å². The van der Waals surface area contributed by atoms with Gasteiger partial charge in [0.25, 0.3) is 11.5 Å². The van der Waals surface area contributed by atoms with Crippen LogP contribution in [0.15, 0.2) is 35.6 Å². The van der Waals surface area contributed by atoms with Crippen LogP contribution in [0.1, 0.15) is 34.7 Å². The second-order valence-corrected chi connectivity index (χ2v) is 6.23. The summed E-state index contributed by atoms with van der Waals surface area (Å²) >= 11 is 0. The molecule has 7 nitrogen and oxygen atoms in total. The summed E-state index contributed by atoms with van der Waals surface area (Å²) in [5.74, 6) is 0.899. The minimum absolute atomic E-state index is 0.0989. The highest BCUT2D eigenvalue weighted by atomic mass is 16.2. The molecule has 2 aromatic heterocycles. The molecular weight excluding hydrogens is 306 g/mol. The molecule has 126 valence electrons. The lowest BCUT2D eigenvalue weighted by atomic mass is 9.91. The fourth-order valence-corrected chi connectivity index (χ4v) is 3.03. The van der Waals surface area contributed by atoms with E-state index in [2.05, 4.69) is 21.0 Å². The maximum Gasteiger partial charge on any atom is 0.263 e. The first-order chi connectivity index (χ1) is 11.6. The highest BCUT2D eigenvalue weighted by Crippen LogP contribution is 2.28. The Labute approximate surface area is 140 Å². The summed E-state index contributed by atoms with van der Waals surface area (Å²) in [4.78, 5) is 38.8. The molecule has 0 bridgehead atoms. The number of pyridine rings is 1. The highest BCUT2D eigenvalue weighted by Gasteiger charge is 2.27. The smallest absolute Gasteiger partial charge is 0.263 e. The van der Waals surface area contributed by atoms with Crippen molar-refractivity contribution in [2.45, 2.75) is 18.8 Å². The molecule has 1 N–H and O–H groups in total. The molecule has 1 saturated heterocycles. The molecule has 0 spiro atoms. The number of rotatable bonds is 3. The fourth-order valence-electron chi connectivity index (χ4n) is 3.03. The van der Waals surface area contributed by atoms with Crippen molar-refractivity contribution in [3.05, 3.63) is 52.3 Å². The van der Waals surface area contributed by atoms with Gasteiger partial charge in [0.05, 0.1) is 6.33 Å². The molecule has 1 aliphatic heterocycles. The van der Waals surface area contributed by atoms with Crippen molar-refractivity contribution in [2.24, 2.45) is 0 Å². The molecule has 3 rings (SSSR count). The number of aromatic nitrogens is 3. The van der Waals surface area contributed by atoms with E-state index in [1.165, 1.54) is 18.1 Å². The van der Waals surface area contributed by atoms with Crippen LogP contribution in [0.25, 0.3) is 0 Å². The predicted molar refractivity (Wildman–Crippen MR) is 91.3 cm³/mol. The van der Waals surface area contributed by atoms with Crippen molar-refractivity contribution < 1.29 is 4.79 Å². The summed E-state index contributed by atoms with van der Waals surface area (Å²) < 4.78 is 0. The van der Waals surface area contributed by atoms with Crippen molar-refractivity contribution in [3.63, 3.8) is 0 Å². The molecule has 0 radical (unpaired) electrons. The number of nitrogens with zero attached hydrogens (tertiary/aromatic N) is 4. The van der Waals surface area contributed by atoms with E-state index in [1.54, 1.807) is 11.1 Å². The van der Waals surface area contributed by atoms with Crippen LogP contribution in [0.3, 0.4) is 0 Å². The van der Waals surface area contributed by atoms with Gasteiger partial charge >= 0.3 is 0 Å². The molecule has 1 amide bonds. The first-order valence-electron chi connectivity index (χ1n) is 8.01. The molecule has 7 heteroatoms. The third-order valence-corrected chi connectivity index (χ3v) is 4.36. The molecule has 1 aliphatic rings. The van der Waals surface area contributed by atoms with Gasteiger partial charge in [0.1, 0.15) is 11.4 Å². The van der Waals surface area contributed by atoms with Gasteiger partial charge in [0.15, 0.2) is 0 Å². The second kappa shape index (κ2) is 6.82. The van der Waals surface area contributed by atoms with Gasteiger partial charge in [-0.05, 0) is 30.5 Å². The van der Waals surface area contributed by atoms with Gasteiger partial charge in [0, 0.05) is 45.5 Å². The Morgan fingerprint density at radius 1 is 1.42 bits per heavy atom. The Bertz CT molecular complexity index is 786. The zero-order chi connectivity index (χ0) is 17.1. The van der Waals surface area contributed by atoms with Crippen LogP contribution in [0.2, 0.25) is 0 Å². The lowest BCUT2D eigenvalue weighted by Crippen LogP contribution is -2.41. The van der Waals surface area contributed by atoms with Crippen LogP contribution < -0.4 is 10.5 Å². The minimum Gasteiger partial charge on any atom is -0.363 e. The maximum absolute atomic E-state index is 12.6. The minimum atomic E-state index is -0.393. The Morgan fingerprint density at radius 2 is 2.25 bits per heavy atom. The first-order valence-corrected chi connectivity index (χ1v) is 8.01. The predicted octanol–water partition coefficient (Wildman–Crippen LogP) is 1.25. The summed E-state index contributed by atoms with van der Waals surface area (Å²) in [7, 11) is 3.91. The van der Waals surface area contributed by atoms with Crippen LogP contribution >= 0.6 is 0 Å². The van der Waals surface area contributed by atoms with Gasteiger partial charge in [-0.25, -0.2) is 9.97 Å². The Morgan fingerprint density at radius 3 is 3.00 bits per heavy atom. The van der Waals surface area contributed by atoms with E-state index in [4.69, 9.17) is 0 Å². The third-order valence-electron chi connectivity index (χ3n) is 4.36. The van der Waals surface area contributed by atoms with Crippen molar-refractivity contribution in [1.29, 1.82) is 0 Å². The van der Waals surface area contributed by atoms with Crippen molar-refractivity contribution in [3.8, 4) is 0 Å². The number of nitrogens with one attached hydrogen (secondary N) is 1. The van der Waals surface area contributed by atoms with Crippen molar-refractivity contribution in [1.82, 2.24) is 19.9 Å². The lowest BCUT2D eigenvalue weighted by molar-refractivity contribution is 0.0705. The highest BCUT2D eigenvalue weighted by molar-refractivity contribution is 5.93. The number of carbonyl (C=O) groups is 1. The molecule has 1 atom stereocenters. The van der Waals surface area contributed by atoms with E-state index in [-0.39, 0.29) is 17.4 Å². The molecule has 1 fully saturated rings. The standard InChI is InChI=1S/C17H21N5O2/c1-21(2)15-8-12(5-6-19-15)13-4-3-7-22(10-13)17(24)14-9-18-11-20-16(14)23/h5-6,8-9,11,13H,3-4,7,10H2,1-2H3,(H,18,20,23)/t13-/m0/s1. The van der Waals surface area contributed by atoms with E-state index in [0.717, 1.165) is 18.7 Å². The monoisotopic (exact) mass is 327 g/mol. The quantitative estimate of drug-likeness (QED) is 0.917. The Hall–Kier alpha value is -2.70. The van der Waals surface area contributed by atoms with Crippen LogP contribution in [0.4, 0.5) is 5.82 Å². The molecule has 2 aromatic rings. The van der Waals surface area contributed by atoms with Gasteiger partial charge in [-0.3, -0.25) is 9.59 Å². The fraction of sp³-hybridized carbons (Fsp3) is 0.412. The van der Waals surface area contributed by atoms with Gasteiger partial charge < -0.3 is 14.8 Å². The van der Waals surface area contributed by atoms with Crippen molar-refractivity contribution >= 4 is 11.7 Å². The summed E-state index contributed by atoms with van der Waals surface area (Å²) in [5, 5.41) is 0. The number of hydrogen-bond acceptors (Lipinski definition) is 5. The number of anilines is 1. The second-order valence-electron chi connectivity index (χ2n) is 6.23. The number of piperidine rings is 1. The van der Waals surface area contributed by atoms with E-state index in [0.29, 0.717) is 13.1 Å². The molecule has 0 unspecified atom stereocenters. The first kappa shape index (κ1) is 16.2. The molecular formula is C17H21N5O2. The SMILES string of the molecule is CN(C)c1cc([C@H]2CCCN(C(=O)c3cnc[nH]c3=O)C2)ccn1. The number of H-pyrrole nitrogens is 1. The number of aromatic amines is 1. The summed E-state index contributed by atoms with van der Waals surface area (Å²) in [6, 6.07) is 4.07. The normalized spacial score (nSPS) is 17.6. The molecule has 3 heterocycles. The average Bonchev–Trinajstić information content (AvgIpc) is 2.62. The largest absolute Gasteiger partial charge is 0.363 e. The van der Waals surface area contributed by atoms with Crippen LogP contribution in [0, 0.1) is 0 Å². The zero-order valence-corrected chi connectivity index (χ0v) is 13.9. The summed E-state index contributed by atoms with van der Waals surface area (Å²) in [6.45, 7) is 1.26. The van der Waals surface area contributed by atoms with Gasteiger partial charge in [0.2, 0.25) is 0 Å². The number of carbonyl (C=O) groups excluding carboxylic acids is 1. The van der Waals surface area contributed by atoms with Gasteiger partial charge in [-0.2, -0.15) is 0 Å². The van der Waals surface area contributed by atoms with Crippen molar-refractivity contribution in [2.75, 3.05) is 32.1 Å². The Balaban J connectivity index is 1.80. The number of hydrogen-bond donors (Lipinski definition) is 1. The topological polar surface area (TPSA) is 82.2 Å². The number of likely N-dealkylation sites (tertiary alicyclic amines) is 1. The Kier molecular flexibility index (Phi) is 4.59. The average molecular weight is 327 g/mol. The molecule has 0 aliphatic carbocycles. The molecule has 0 aromatic carbocycles. The van der Waals surface area contributed by atoms with Gasteiger partial charge in [-0.15, -0.1) is 0 Å². The molecule has 0 saturated carbocycles. The van der Waals surface area contributed by atoms with Crippen LogP contribution in [0.5, 0.6) is 0 Å². The van der Waals surface area contributed by atoms with Crippen LogP contribution in [-0.4, -0.2) is 52.9 Å². The lowest BCUT2D eigenvalue weighted by Gasteiger charge is -2.33. The third kappa shape index (κ3) is 3.29. The summed E-state index contributed by atoms with van der Waals surface area (Å²) in [6.07, 6.45) is 6.36. The van der Waals surface area contributed by atoms with E-state index >= 15 is 0 Å². The molecule has 24 heavy (non-hydrogen) atoms. The zero-order valence-electron chi connectivity index (χ0n) is 13.9. The summed E-state index contributed by atoms with van der Waals surface area (Å²) in [5.41, 5.74) is 0.879. The van der Waals surface area contributed by atoms with Gasteiger partial charge in [-0.1, -0.05) is 0 Å². The maximum atomic E-state index is 12.6. The number of amides is 1. The van der Waals surface area contributed by atoms with E-state index in [1.807, 2.05) is 25.1 Å².